The van der Waals surface area contributed by atoms with Crippen molar-refractivity contribution < 1.29 is 18.4 Å². The molecule has 0 atom stereocenters. The fourth-order valence-corrected chi connectivity index (χ4v) is 2.65. The van der Waals surface area contributed by atoms with Crippen LogP contribution in [0.15, 0.2) is 75.8 Å². The van der Waals surface area contributed by atoms with Crippen LogP contribution in [0.1, 0.15) is 5.76 Å². The Morgan fingerprint density at radius 1 is 1.15 bits per heavy atom. The number of ether oxygens (including phenoxy) is 1. The van der Waals surface area contributed by atoms with Crippen molar-refractivity contribution in [2.24, 2.45) is 0 Å². The topological polar surface area (TPSA) is 77.5 Å². The number of amides is 1. The van der Waals surface area contributed by atoms with Gasteiger partial charge in [0.15, 0.2) is 5.58 Å². The number of para-hydroxylation sites is 2. The summed E-state index contributed by atoms with van der Waals surface area (Å²) in [4.78, 5) is 16.7. The first-order valence-corrected chi connectivity index (χ1v) is 8.29. The number of carbonyl (C=O) groups is 1. The molecule has 0 saturated heterocycles. The second kappa shape index (κ2) is 7.21. The number of nitrogens with one attached hydrogen (secondary N) is 1. The summed E-state index contributed by atoms with van der Waals surface area (Å²) in [5.74, 6) is 1.30. The van der Waals surface area contributed by atoms with Gasteiger partial charge in [0.05, 0.1) is 19.1 Å². The van der Waals surface area contributed by atoms with E-state index in [-0.39, 0.29) is 5.91 Å². The standard InChI is InChI=1S/C21H16N2O4/c1-25-18-10-8-14(21-23-16-6-2-3-7-19(16)27-21)13-17(18)22-20(24)11-9-15-5-4-12-26-15/h2-13H,1H3,(H,22,24)/b11-9+. The SMILES string of the molecule is COc1ccc(-c2nc3ccccc3o2)cc1NC(=O)/C=C/c1ccco1. The number of anilines is 1. The maximum absolute atomic E-state index is 12.2. The number of aromatic nitrogens is 1. The Bertz CT molecular complexity index is 1080. The third-order valence-electron chi connectivity index (χ3n) is 3.94. The average Bonchev–Trinajstić information content (AvgIpc) is 3.35. The second-order valence-corrected chi connectivity index (χ2v) is 5.74. The third kappa shape index (κ3) is 3.59. The maximum Gasteiger partial charge on any atom is 0.248 e. The molecule has 0 unspecified atom stereocenters. The quantitative estimate of drug-likeness (QED) is 0.520. The molecule has 27 heavy (non-hydrogen) atoms. The molecule has 1 N–H and O–H groups in total. The van der Waals surface area contributed by atoms with Crippen LogP contribution in [-0.2, 0) is 4.79 Å². The van der Waals surface area contributed by atoms with Gasteiger partial charge >= 0.3 is 0 Å². The van der Waals surface area contributed by atoms with Crippen LogP contribution in [0.4, 0.5) is 5.69 Å². The molecule has 6 nitrogen and oxygen atoms in total. The summed E-state index contributed by atoms with van der Waals surface area (Å²) in [5.41, 5.74) is 2.73. The molecule has 0 fully saturated rings. The lowest BCUT2D eigenvalue weighted by Gasteiger charge is -2.10. The largest absolute Gasteiger partial charge is 0.495 e. The minimum atomic E-state index is -0.306. The molecule has 0 aliphatic rings. The zero-order chi connectivity index (χ0) is 18.6. The number of hydrogen-bond donors (Lipinski definition) is 1. The van der Waals surface area contributed by atoms with Gasteiger partial charge in [-0.25, -0.2) is 4.98 Å². The average molecular weight is 360 g/mol. The highest BCUT2D eigenvalue weighted by atomic mass is 16.5. The van der Waals surface area contributed by atoms with Gasteiger partial charge in [0.25, 0.3) is 0 Å². The van der Waals surface area contributed by atoms with Crippen LogP contribution in [0.2, 0.25) is 0 Å². The van der Waals surface area contributed by atoms with Crippen LogP contribution in [0, 0.1) is 0 Å². The molecule has 0 saturated carbocycles. The highest BCUT2D eigenvalue weighted by molar-refractivity contribution is 6.03. The minimum Gasteiger partial charge on any atom is -0.495 e. The minimum absolute atomic E-state index is 0.306. The van der Waals surface area contributed by atoms with E-state index in [0.29, 0.717) is 28.7 Å². The van der Waals surface area contributed by atoms with Gasteiger partial charge in [-0.2, -0.15) is 0 Å². The molecule has 2 heterocycles. The summed E-state index contributed by atoms with van der Waals surface area (Å²) < 4.78 is 16.3. The Morgan fingerprint density at radius 3 is 2.81 bits per heavy atom. The van der Waals surface area contributed by atoms with E-state index in [2.05, 4.69) is 10.3 Å². The van der Waals surface area contributed by atoms with E-state index in [4.69, 9.17) is 13.6 Å². The second-order valence-electron chi connectivity index (χ2n) is 5.74. The molecule has 0 aliphatic heterocycles. The van der Waals surface area contributed by atoms with E-state index in [1.54, 1.807) is 43.7 Å². The predicted octanol–water partition coefficient (Wildman–Crippen LogP) is 4.75. The van der Waals surface area contributed by atoms with Gasteiger partial charge in [0.2, 0.25) is 11.8 Å². The molecule has 2 aromatic heterocycles. The number of oxazole rings is 1. The third-order valence-corrected chi connectivity index (χ3v) is 3.94. The van der Waals surface area contributed by atoms with Crippen molar-refractivity contribution in [1.82, 2.24) is 4.98 Å². The molecular formula is C21H16N2O4. The lowest BCUT2D eigenvalue weighted by atomic mass is 10.2. The summed E-state index contributed by atoms with van der Waals surface area (Å²) in [6, 6.07) is 16.4. The lowest BCUT2D eigenvalue weighted by Crippen LogP contribution is -2.09. The van der Waals surface area contributed by atoms with Crippen molar-refractivity contribution in [3.63, 3.8) is 0 Å². The fourth-order valence-electron chi connectivity index (χ4n) is 2.65. The Labute approximate surface area is 155 Å². The highest BCUT2D eigenvalue weighted by Gasteiger charge is 2.12. The van der Waals surface area contributed by atoms with Crippen molar-refractivity contribution in [2.45, 2.75) is 0 Å². The number of methoxy groups -OCH3 is 1. The number of carbonyl (C=O) groups excluding carboxylic acids is 1. The molecule has 0 radical (unpaired) electrons. The molecule has 0 spiro atoms. The zero-order valence-corrected chi connectivity index (χ0v) is 14.5. The first-order valence-electron chi connectivity index (χ1n) is 8.29. The normalized spacial score (nSPS) is 11.1. The molecule has 4 rings (SSSR count). The van der Waals surface area contributed by atoms with Gasteiger partial charge in [-0.15, -0.1) is 0 Å². The molecule has 4 aromatic rings. The first kappa shape index (κ1) is 16.7. The van der Waals surface area contributed by atoms with Crippen LogP contribution < -0.4 is 10.1 Å². The number of nitrogens with zero attached hydrogens (tertiary/aromatic N) is 1. The highest BCUT2D eigenvalue weighted by Crippen LogP contribution is 2.31. The summed E-state index contributed by atoms with van der Waals surface area (Å²) in [5, 5.41) is 2.81. The predicted molar refractivity (Wildman–Crippen MR) is 102 cm³/mol. The Balaban J connectivity index is 1.61. The number of hydrogen-bond acceptors (Lipinski definition) is 5. The number of rotatable bonds is 5. The van der Waals surface area contributed by atoms with Gasteiger partial charge in [-0.05, 0) is 48.5 Å². The number of furan rings is 1. The summed E-state index contributed by atoms with van der Waals surface area (Å²) >= 11 is 0. The van der Waals surface area contributed by atoms with Crippen molar-refractivity contribution in [2.75, 3.05) is 12.4 Å². The first-order chi connectivity index (χ1) is 13.2. The summed E-state index contributed by atoms with van der Waals surface area (Å²) in [6.07, 6.45) is 4.53. The van der Waals surface area contributed by atoms with E-state index >= 15 is 0 Å². The van der Waals surface area contributed by atoms with Crippen LogP contribution in [0.25, 0.3) is 28.6 Å². The van der Waals surface area contributed by atoms with Crippen molar-refractivity contribution in [3.8, 4) is 17.2 Å². The Hall–Kier alpha value is -3.80. The molecule has 134 valence electrons. The summed E-state index contributed by atoms with van der Waals surface area (Å²) in [7, 11) is 1.54. The molecule has 1 amide bonds. The van der Waals surface area contributed by atoms with Gasteiger partial charge < -0.3 is 18.9 Å². The van der Waals surface area contributed by atoms with Crippen LogP contribution in [0.5, 0.6) is 5.75 Å². The monoisotopic (exact) mass is 360 g/mol. The number of benzene rings is 2. The van der Waals surface area contributed by atoms with Crippen molar-refractivity contribution in [1.29, 1.82) is 0 Å². The van der Waals surface area contributed by atoms with E-state index in [1.807, 2.05) is 30.3 Å². The van der Waals surface area contributed by atoms with E-state index in [9.17, 15) is 4.79 Å². The zero-order valence-electron chi connectivity index (χ0n) is 14.5. The molecule has 6 heteroatoms. The molecule has 0 aliphatic carbocycles. The van der Waals surface area contributed by atoms with Gasteiger partial charge in [-0.1, -0.05) is 12.1 Å². The fraction of sp³-hybridized carbons (Fsp3) is 0.0476. The van der Waals surface area contributed by atoms with Gasteiger partial charge in [0.1, 0.15) is 17.0 Å². The van der Waals surface area contributed by atoms with Crippen LogP contribution in [0.3, 0.4) is 0 Å². The Kier molecular flexibility index (Phi) is 4.45. The van der Waals surface area contributed by atoms with Crippen LogP contribution in [-0.4, -0.2) is 18.0 Å². The smallest absolute Gasteiger partial charge is 0.248 e. The van der Waals surface area contributed by atoms with E-state index < -0.39 is 0 Å². The van der Waals surface area contributed by atoms with Crippen molar-refractivity contribution >= 4 is 28.8 Å². The molecule has 0 bridgehead atoms. The summed E-state index contributed by atoms with van der Waals surface area (Å²) in [6.45, 7) is 0. The lowest BCUT2D eigenvalue weighted by molar-refractivity contribution is -0.111. The number of fused-ring (bicyclic) bond motifs is 1. The van der Waals surface area contributed by atoms with E-state index in [1.165, 1.54) is 6.08 Å². The van der Waals surface area contributed by atoms with E-state index in [0.717, 1.165) is 11.1 Å². The van der Waals surface area contributed by atoms with Gasteiger partial charge in [0, 0.05) is 11.6 Å². The Morgan fingerprint density at radius 2 is 2.04 bits per heavy atom. The van der Waals surface area contributed by atoms with Crippen molar-refractivity contribution in [3.05, 3.63) is 72.7 Å². The van der Waals surface area contributed by atoms with Gasteiger partial charge in [-0.3, -0.25) is 4.79 Å². The maximum atomic E-state index is 12.2. The van der Waals surface area contributed by atoms with Crippen LogP contribution >= 0.6 is 0 Å². The molecule has 2 aromatic carbocycles. The molecular weight excluding hydrogens is 344 g/mol.